The van der Waals surface area contributed by atoms with E-state index >= 15 is 0 Å². The standard InChI is InChI=1S/C15H30N2O.ClH/c1-14(2)15(18)16-10-6-3-4-7-11-17-12-8-5-9-13-17;/h14H,3-13H2,1-2H3,(H,16,18);1H. The van der Waals surface area contributed by atoms with Crippen molar-refractivity contribution >= 4 is 18.3 Å². The molecule has 1 N–H and O–H groups in total. The van der Waals surface area contributed by atoms with Gasteiger partial charge in [-0.1, -0.05) is 33.1 Å². The third kappa shape index (κ3) is 9.28. The Balaban J connectivity index is 0.00000324. The van der Waals surface area contributed by atoms with E-state index in [2.05, 4.69) is 10.2 Å². The molecule has 1 fully saturated rings. The van der Waals surface area contributed by atoms with Gasteiger partial charge in [0.2, 0.25) is 5.91 Å². The van der Waals surface area contributed by atoms with Gasteiger partial charge < -0.3 is 10.2 Å². The zero-order valence-electron chi connectivity index (χ0n) is 12.6. The molecule has 1 amide bonds. The summed E-state index contributed by atoms with van der Waals surface area (Å²) in [6.45, 7) is 8.62. The molecule has 1 aliphatic heterocycles. The summed E-state index contributed by atoms with van der Waals surface area (Å²) < 4.78 is 0. The Morgan fingerprint density at radius 3 is 2.32 bits per heavy atom. The molecule has 0 aliphatic carbocycles. The fourth-order valence-electron chi connectivity index (χ4n) is 2.41. The van der Waals surface area contributed by atoms with Gasteiger partial charge in [-0.25, -0.2) is 0 Å². The van der Waals surface area contributed by atoms with Crippen LogP contribution in [0.1, 0.15) is 58.8 Å². The summed E-state index contributed by atoms with van der Waals surface area (Å²) >= 11 is 0. The number of hydrogen-bond acceptors (Lipinski definition) is 2. The van der Waals surface area contributed by atoms with Crippen molar-refractivity contribution in [1.82, 2.24) is 10.2 Å². The van der Waals surface area contributed by atoms with Gasteiger partial charge >= 0.3 is 0 Å². The van der Waals surface area contributed by atoms with E-state index in [1.807, 2.05) is 13.8 Å². The average molecular weight is 291 g/mol. The van der Waals surface area contributed by atoms with Crippen molar-refractivity contribution in [3.05, 3.63) is 0 Å². The molecule has 0 aromatic rings. The van der Waals surface area contributed by atoms with Crippen LogP contribution in [0.25, 0.3) is 0 Å². The Morgan fingerprint density at radius 2 is 1.68 bits per heavy atom. The van der Waals surface area contributed by atoms with Crippen molar-refractivity contribution in [2.75, 3.05) is 26.2 Å². The average Bonchev–Trinajstić information content (AvgIpc) is 2.38. The number of hydrogen-bond donors (Lipinski definition) is 1. The van der Waals surface area contributed by atoms with Gasteiger partial charge in [0.15, 0.2) is 0 Å². The molecular formula is C15H31ClN2O. The van der Waals surface area contributed by atoms with Crippen LogP contribution in [-0.4, -0.2) is 37.0 Å². The minimum absolute atomic E-state index is 0. The summed E-state index contributed by atoms with van der Waals surface area (Å²) in [5.74, 6) is 0.299. The lowest BCUT2D eigenvalue weighted by molar-refractivity contribution is -0.123. The minimum atomic E-state index is 0. The Morgan fingerprint density at radius 1 is 1.05 bits per heavy atom. The third-order valence-electron chi connectivity index (χ3n) is 3.67. The van der Waals surface area contributed by atoms with E-state index in [0.717, 1.165) is 13.0 Å². The molecule has 3 nitrogen and oxygen atoms in total. The number of likely N-dealkylation sites (tertiary alicyclic amines) is 1. The molecule has 0 aromatic carbocycles. The normalized spacial score (nSPS) is 16.2. The highest BCUT2D eigenvalue weighted by Crippen LogP contribution is 2.10. The second-order valence-electron chi connectivity index (χ2n) is 5.76. The monoisotopic (exact) mass is 290 g/mol. The largest absolute Gasteiger partial charge is 0.356 e. The lowest BCUT2D eigenvalue weighted by Crippen LogP contribution is -2.30. The highest BCUT2D eigenvalue weighted by Gasteiger charge is 2.08. The van der Waals surface area contributed by atoms with Gasteiger partial charge in [-0.15, -0.1) is 12.4 Å². The summed E-state index contributed by atoms with van der Waals surface area (Å²) in [6.07, 6.45) is 9.19. The first-order chi connectivity index (χ1) is 8.70. The third-order valence-corrected chi connectivity index (χ3v) is 3.67. The first kappa shape index (κ1) is 18.7. The first-order valence-corrected chi connectivity index (χ1v) is 7.70. The van der Waals surface area contributed by atoms with E-state index in [1.165, 1.54) is 58.2 Å². The van der Waals surface area contributed by atoms with E-state index in [9.17, 15) is 4.79 Å². The molecule has 0 saturated carbocycles. The summed E-state index contributed by atoms with van der Waals surface area (Å²) in [4.78, 5) is 13.9. The minimum Gasteiger partial charge on any atom is -0.356 e. The molecule has 4 heteroatoms. The Labute approximate surface area is 124 Å². The first-order valence-electron chi connectivity index (χ1n) is 7.70. The smallest absolute Gasteiger partial charge is 0.222 e. The van der Waals surface area contributed by atoms with Crippen LogP contribution < -0.4 is 5.32 Å². The Hall–Kier alpha value is -0.280. The van der Waals surface area contributed by atoms with Gasteiger partial charge in [-0.05, 0) is 45.3 Å². The lowest BCUT2D eigenvalue weighted by atomic mass is 10.1. The fraction of sp³-hybridized carbons (Fsp3) is 0.933. The number of halogens is 1. The zero-order chi connectivity index (χ0) is 13.2. The molecule has 0 spiro atoms. The van der Waals surface area contributed by atoms with E-state index < -0.39 is 0 Å². The van der Waals surface area contributed by atoms with Crippen molar-refractivity contribution in [2.24, 2.45) is 5.92 Å². The van der Waals surface area contributed by atoms with Crippen molar-refractivity contribution in [3.8, 4) is 0 Å². The number of unbranched alkanes of at least 4 members (excludes halogenated alkanes) is 3. The number of carbonyl (C=O) groups is 1. The second-order valence-corrected chi connectivity index (χ2v) is 5.76. The molecule has 19 heavy (non-hydrogen) atoms. The molecule has 0 atom stereocenters. The topological polar surface area (TPSA) is 32.3 Å². The number of rotatable bonds is 8. The van der Waals surface area contributed by atoms with Crippen LogP contribution in [-0.2, 0) is 4.79 Å². The number of piperidine rings is 1. The van der Waals surface area contributed by atoms with Crippen LogP contribution >= 0.6 is 12.4 Å². The summed E-state index contributed by atoms with van der Waals surface area (Å²) in [5, 5.41) is 2.97. The second kappa shape index (κ2) is 11.5. The maximum Gasteiger partial charge on any atom is 0.222 e. The van der Waals surface area contributed by atoms with Crippen molar-refractivity contribution in [2.45, 2.75) is 58.8 Å². The van der Waals surface area contributed by atoms with Crippen LogP contribution in [0.5, 0.6) is 0 Å². The molecule has 1 heterocycles. The Bertz CT molecular complexity index is 228. The van der Waals surface area contributed by atoms with Gasteiger partial charge in [0.25, 0.3) is 0 Å². The maximum absolute atomic E-state index is 11.3. The molecule has 114 valence electrons. The van der Waals surface area contributed by atoms with Crippen molar-refractivity contribution < 1.29 is 4.79 Å². The summed E-state index contributed by atoms with van der Waals surface area (Å²) in [6, 6.07) is 0. The summed E-state index contributed by atoms with van der Waals surface area (Å²) in [7, 11) is 0. The van der Waals surface area contributed by atoms with E-state index in [0.29, 0.717) is 0 Å². The van der Waals surface area contributed by atoms with E-state index in [4.69, 9.17) is 0 Å². The molecule has 0 radical (unpaired) electrons. The SMILES string of the molecule is CC(C)C(=O)NCCCCCCN1CCCCC1.Cl. The van der Waals surface area contributed by atoms with Crippen LogP contribution in [0.3, 0.4) is 0 Å². The number of nitrogens with one attached hydrogen (secondary N) is 1. The number of carbonyl (C=O) groups excluding carboxylic acids is 1. The van der Waals surface area contributed by atoms with Crippen LogP contribution in [0.4, 0.5) is 0 Å². The van der Waals surface area contributed by atoms with E-state index in [1.54, 1.807) is 0 Å². The maximum atomic E-state index is 11.3. The van der Waals surface area contributed by atoms with Crippen LogP contribution in [0.15, 0.2) is 0 Å². The number of nitrogens with zero attached hydrogens (tertiary/aromatic N) is 1. The fourth-order valence-corrected chi connectivity index (χ4v) is 2.41. The molecule has 1 rings (SSSR count). The van der Waals surface area contributed by atoms with Crippen molar-refractivity contribution in [3.63, 3.8) is 0 Å². The van der Waals surface area contributed by atoms with E-state index in [-0.39, 0.29) is 24.2 Å². The highest BCUT2D eigenvalue weighted by atomic mass is 35.5. The predicted molar refractivity (Wildman–Crippen MR) is 83.9 cm³/mol. The predicted octanol–water partition coefficient (Wildman–Crippen LogP) is 3.23. The van der Waals surface area contributed by atoms with Crippen LogP contribution in [0, 0.1) is 5.92 Å². The zero-order valence-corrected chi connectivity index (χ0v) is 13.4. The quantitative estimate of drug-likeness (QED) is 0.696. The van der Waals surface area contributed by atoms with Gasteiger partial charge in [-0.3, -0.25) is 4.79 Å². The molecule has 0 unspecified atom stereocenters. The highest BCUT2D eigenvalue weighted by molar-refractivity contribution is 5.85. The molecule has 1 aliphatic rings. The molecule has 0 aromatic heterocycles. The lowest BCUT2D eigenvalue weighted by Gasteiger charge is -2.26. The molecule has 1 saturated heterocycles. The van der Waals surface area contributed by atoms with Gasteiger partial charge in [0.05, 0.1) is 0 Å². The molecular weight excluding hydrogens is 260 g/mol. The van der Waals surface area contributed by atoms with Crippen molar-refractivity contribution in [1.29, 1.82) is 0 Å². The van der Waals surface area contributed by atoms with Crippen LogP contribution in [0.2, 0.25) is 0 Å². The van der Waals surface area contributed by atoms with Gasteiger partial charge in [0, 0.05) is 12.5 Å². The van der Waals surface area contributed by atoms with Gasteiger partial charge in [-0.2, -0.15) is 0 Å². The summed E-state index contributed by atoms with van der Waals surface area (Å²) in [5.41, 5.74) is 0. The molecule has 0 bridgehead atoms. The number of amides is 1. The van der Waals surface area contributed by atoms with Gasteiger partial charge in [0.1, 0.15) is 0 Å². The Kier molecular flexibility index (Phi) is 11.4.